The molecule has 0 spiro atoms. The monoisotopic (exact) mass is 275 g/mol. The number of nitrogens with zero attached hydrogens (tertiary/aromatic N) is 2. The number of benzene rings is 1. The Balaban J connectivity index is 2.00. The molecule has 0 heterocycles. The molecule has 1 aromatic rings. The smallest absolute Gasteiger partial charge is 0.242 e. The van der Waals surface area contributed by atoms with Crippen LogP contribution in [0.3, 0.4) is 0 Å². The minimum atomic E-state index is -0.710. The van der Waals surface area contributed by atoms with Crippen LogP contribution in [0, 0.1) is 5.92 Å². The number of carbonyl (C=O) groups excluding carboxylic acids is 1. The molecule has 0 bridgehead atoms. The summed E-state index contributed by atoms with van der Waals surface area (Å²) >= 11 is 0. The molecule has 0 saturated heterocycles. The molecule has 1 fully saturated rings. The first-order chi connectivity index (χ1) is 9.32. The summed E-state index contributed by atoms with van der Waals surface area (Å²) < 4.78 is 0. The predicted molar refractivity (Wildman–Crippen MR) is 82.6 cm³/mol. The van der Waals surface area contributed by atoms with E-state index in [-0.39, 0.29) is 5.91 Å². The van der Waals surface area contributed by atoms with Crippen molar-refractivity contribution in [1.82, 2.24) is 4.90 Å². The summed E-state index contributed by atoms with van der Waals surface area (Å²) in [6, 6.07) is 8.25. The second kappa shape index (κ2) is 5.44. The molecule has 1 saturated carbocycles. The van der Waals surface area contributed by atoms with Gasteiger partial charge in [-0.25, -0.2) is 0 Å². The highest BCUT2D eigenvalue weighted by molar-refractivity contribution is 5.86. The first kappa shape index (κ1) is 14.9. The number of carbonyl (C=O) groups is 1. The van der Waals surface area contributed by atoms with Gasteiger partial charge in [0.05, 0.1) is 5.54 Å². The number of hydrogen-bond acceptors (Lipinski definition) is 3. The third-order valence-corrected chi connectivity index (χ3v) is 4.11. The van der Waals surface area contributed by atoms with Crippen LogP contribution in [0.1, 0.15) is 25.3 Å². The molecule has 0 aromatic heterocycles. The SMILES string of the molecule is CN(Cc1ccc(N(C)C)cc1)C(=O)C(C)(N)C1CC1. The summed E-state index contributed by atoms with van der Waals surface area (Å²) in [6.07, 6.45) is 2.15. The predicted octanol–water partition coefficient (Wildman–Crippen LogP) is 1.84. The van der Waals surface area contributed by atoms with Crippen molar-refractivity contribution in [1.29, 1.82) is 0 Å². The van der Waals surface area contributed by atoms with Crippen LogP contribution in [0.2, 0.25) is 0 Å². The van der Waals surface area contributed by atoms with Gasteiger partial charge in [-0.15, -0.1) is 0 Å². The van der Waals surface area contributed by atoms with Crippen LogP contribution in [-0.4, -0.2) is 37.5 Å². The summed E-state index contributed by atoms with van der Waals surface area (Å²) in [5.41, 5.74) is 7.76. The summed E-state index contributed by atoms with van der Waals surface area (Å²) in [7, 11) is 5.86. The van der Waals surface area contributed by atoms with Gasteiger partial charge < -0.3 is 15.5 Å². The Morgan fingerprint density at radius 3 is 2.25 bits per heavy atom. The molecule has 2 N–H and O–H groups in total. The van der Waals surface area contributed by atoms with Gasteiger partial charge in [-0.05, 0) is 43.4 Å². The van der Waals surface area contributed by atoms with Crippen molar-refractivity contribution in [2.75, 3.05) is 26.0 Å². The third kappa shape index (κ3) is 3.12. The van der Waals surface area contributed by atoms with Crippen molar-refractivity contribution in [2.24, 2.45) is 11.7 Å². The fourth-order valence-electron chi connectivity index (χ4n) is 2.51. The van der Waals surface area contributed by atoms with Crippen molar-refractivity contribution in [3.63, 3.8) is 0 Å². The highest BCUT2D eigenvalue weighted by atomic mass is 16.2. The quantitative estimate of drug-likeness (QED) is 0.892. The highest BCUT2D eigenvalue weighted by Gasteiger charge is 2.45. The Bertz CT molecular complexity index is 475. The average Bonchev–Trinajstić information content (AvgIpc) is 3.22. The minimum Gasteiger partial charge on any atom is -0.378 e. The van der Waals surface area contributed by atoms with Gasteiger partial charge in [0.2, 0.25) is 5.91 Å². The van der Waals surface area contributed by atoms with E-state index in [1.165, 1.54) is 0 Å². The van der Waals surface area contributed by atoms with Crippen LogP contribution in [-0.2, 0) is 11.3 Å². The van der Waals surface area contributed by atoms with E-state index in [0.29, 0.717) is 12.5 Å². The Hall–Kier alpha value is -1.55. The van der Waals surface area contributed by atoms with Gasteiger partial charge in [0.25, 0.3) is 0 Å². The van der Waals surface area contributed by atoms with Crippen molar-refractivity contribution in [3.05, 3.63) is 29.8 Å². The molecule has 4 nitrogen and oxygen atoms in total. The molecule has 1 aliphatic rings. The lowest BCUT2D eigenvalue weighted by atomic mass is 9.95. The second-order valence-corrected chi connectivity index (χ2v) is 6.28. The van der Waals surface area contributed by atoms with Crippen molar-refractivity contribution < 1.29 is 4.79 Å². The topological polar surface area (TPSA) is 49.6 Å². The molecule has 0 aliphatic heterocycles. The first-order valence-corrected chi connectivity index (χ1v) is 7.13. The van der Waals surface area contributed by atoms with Crippen LogP contribution in [0.15, 0.2) is 24.3 Å². The van der Waals surface area contributed by atoms with Gasteiger partial charge in [0.1, 0.15) is 0 Å². The molecule has 4 heteroatoms. The molecule has 1 unspecified atom stereocenters. The van der Waals surface area contributed by atoms with Crippen molar-refractivity contribution >= 4 is 11.6 Å². The zero-order chi connectivity index (χ0) is 14.9. The van der Waals surface area contributed by atoms with E-state index in [0.717, 1.165) is 24.1 Å². The molecule has 1 aromatic carbocycles. The average molecular weight is 275 g/mol. The van der Waals surface area contributed by atoms with Crippen LogP contribution >= 0.6 is 0 Å². The van der Waals surface area contributed by atoms with E-state index in [2.05, 4.69) is 29.2 Å². The lowest BCUT2D eigenvalue weighted by Gasteiger charge is -2.29. The van der Waals surface area contributed by atoms with E-state index in [1.807, 2.05) is 28.1 Å². The van der Waals surface area contributed by atoms with E-state index in [4.69, 9.17) is 5.73 Å². The van der Waals surface area contributed by atoms with Gasteiger partial charge in [0, 0.05) is 33.4 Å². The maximum Gasteiger partial charge on any atom is 0.242 e. The van der Waals surface area contributed by atoms with E-state index in [1.54, 1.807) is 4.90 Å². The summed E-state index contributed by atoms with van der Waals surface area (Å²) in [5, 5.41) is 0. The molecule has 1 amide bonds. The number of amides is 1. The normalized spacial score (nSPS) is 17.4. The number of nitrogens with two attached hydrogens (primary N) is 1. The molecular weight excluding hydrogens is 250 g/mol. The Labute approximate surface area is 121 Å². The van der Waals surface area contributed by atoms with Crippen molar-refractivity contribution in [2.45, 2.75) is 31.8 Å². The first-order valence-electron chi connectivity index (χ1n) is 7.13. The highest BCUT2D eigenvalue weighted by Crippen LogP contribution is 2.38. The maximum absolute atomic E-state index is 12.4. The molecule has 1 aliphatic carbocycles. The lowest BCUT2D eigenvalue weighted by Crippen LogP contribution is -2.53. The third-order valence-electron chi connectivity index (χ3n) is 4.11. The molecule has 110 valence electrons. The number of hydrogen-bond donors (Lipinski definition) is 1. The van der Waals surface area contributed by atoms with Crippen LogP contribution in [0.5, 0.6) is 0 Å². The van der Waals surface area contributed by atoms with Crippen molar-refractivity contribution in [3.8, 4) is 0 Å². The van der Waals surface area contributed by atoms with Crippen LogP contribution in [0.25, 0.3) is 0 Å². The Morgan fingerprint density at radius 2 is 1.80 bits per heavy atom. The standard InChI is InChI=1S/C16H25N3O/c1-16(17,13-7-8-13)15(20)19(4)11-12-5-9-14(10-6-12)18(2)3/h5-6,9-10,13H,7-8,11,17H2,1-4H3. The Kier molecular flexibility index (Phi) is 4.04. The largest absolute Gasteiger partial charge is 0.378 e. The van der Waals surface area contributed by atoms with Gasteiger partial charge >= 0.3 is 0 Å². The van der Waals surface area contributed by atoms with Gasteiger partial charge in [-0.1, -0.05) is 12.1 Å². The van der Waals surface area contributed by atoms with Crippen LogP contribution < -0.4 is 10.6 Å². The lowest BCUT2D eigenvalue weighted by molar-refractivity contribution is -0.136. The summed E-state index contributed by atoms with van der Waals surface area (Å²) in [6.45, 7) is 2.46. The Morgan fingerprint density at radius 1 is 1.25 bits per heavy atom. The van der Waals surface area contributed by atoms with E-state index >= 15 is 0 Å². The maximum atomic E-state index is 12.4. The molecular formula is C16H25N3O. The van der Waals surface area contributed by atoms with Gasteiger partial charge in [0.15, 0.2) is 0 Å². The van der Waals surface area contributed by atoms with Crippen LogP contribution in [0.4, 0.5) is 5.69 Å². The number of rotatable bonds is 5. The van der Waals surface area contributed by atoms with E-state index in [9.17, 15) is 4.79 Å². The number of likely N-dealkylation sites (N-methyl/N-ethyl adjacent to an activating group) is 1. The molecule has 0 radical (unpaired) electrons. The summed E-state index contributed by atoms with van der Waals surface area (Å²) in [5.74, 6) is 0.394. The molecule has 20 heavy (non-hydrogen) atoms. The molecule has 2 rings (SSSR count). The van der Waals surface area contributed by atoms with E-state index < -0.39 is 5.54 Å². The van der Waals surface area contributed by atoms with Gasteiger partial charge in [-0.2, -0.15) is 0 Å². The fraction of sp³-hybridized carbons (Fsp3) is 0.562. The molecule has 1 atom stereocenters. The zero-order valence-corrected chi connectivity index (χ0v) is 12.9. The van der Waals surface area contributed by atoms with Gasteiger partial charge in [-0.3, -0.25) is 4.79 Å². The fourth-order valence-corrected chi connectivity index (χ4v) is 2.51. The zero-order valence-electron chi connectivity index (χ0n) is 12.9. The minimum absolute atomic E-state index is 0.0386. The second-order valence-electron chi connectivity index (χ2n) is 6.28. The number of anilines is 1. The summed E-state index contributed by atoms with van der Waals surface area (Å²) in [4.78, 5) is 16.2.